The fourth-order valence-corrected chi connectivity index (χ4v) is 2.41. The molecule has 0 amide bonds. The van der Waals surface area contributed by atoms with Gasteiger partial charge in [0.1, 0.15) is 0 Å². The Kier molecular flexibility index (Phi) is 3.03. The van der Waals surface area contributed by atoms with Crippen molar-refractivity contribution in [3.8, 4) is 0 Å². The van der Waals surface area contributed by atoms with E-state index in [1.165, 1.54) is 12.1 Å². The Morgan fingerprint density at radius 3 is 2.69 bits per heavy atom. The standard InChI is InChI=1S/C10H10F3NOS/c11-10(12,13)16(15)9-2-1-7-3-4-14-6-8(7)5-9/h1-2,5,14H,3-4,6H2. The molecule has 0 fully saturated rings. The Hall–Kier alpha value is -0.880. The maximum absolute atomic E-state index is 12.3. The summed E-state index contributed by atoms with van der Waals surface area (Å²) < 4.78 is 47.9. The summed E-state index contributed by atoms with van der Waals surface area (Å²) in [5.41, 5.74) is -2.85. The second-order valence-electron chi connectivity index (χ2n) is 3.57. The van der Waals surface area contributed by atoms with Gasteiger partial charge in [-0.1, -0.05) is 6.07 Å². The summed E-state index contributed by atoms with van der Waals surface area (Å²) in [6.07, 6.45) is 0.800. The van der Waals surface area contributed by atoms with Crippen LogP contribution in [0.5, 0.6) is 0 Å². The van der Waals surface area contributed by atoms with Gasteiger partial charge in [0.2, 0.25) is 0 Å². The zero-order valence-electron chi connectivity index (χ0n) is 8.30. The lowest BCUT2D eigenvalue weighted by Crippen LogP contribution is -2.24. The van der Waals surface area contributed by atoms with E-state index in [4.69, 9.17) is 0 Å². The van der Waals surface area contributed by atoms with Crippen LogP contribution in [0, 0.1) is 0 Å². The fourth-order valence-electron chi connectivity index (χ4n) is 1.71. The van der Waals surface area contributed by atoms with Crippen molar-refractivity contribution in [2.45, 2.75) is 23.4 Å². The molecule has 1 N–H and O–H groups in total. The van der Waals surface area contributed by atoms with Crippen LogP contribution in [0.15, 0.2) is 23.1 Å². The molecule has 0 aromatic heterocycles. The van der Waals surface area contributed by atoms with E-state index < -0.39 is 16.3 Å². The minimum Gasteiger partial charge on any atom is -0.312 e. The lowest BCUT2D eigenvalue weighted by molar-refractivity contribution is -0.0384. The van der Waals surface area contributed by atoms with Gasteiger partial charge in [0.25, 0.3) is 0 Å². The molecule has 0 radical (unpaired) electrons. The lowest BCUT2D eigenvalue weighted by Gasteiger charge is -2.17. The summed E-state index contributed by atoms with van der Waals surface area (Å²) in [5, 5.41) is 3.07. The summed E-state index contributed by atoms with van der Waals surface area (Å²) >= 11 is 0. The van der Waals surface area contributed by atoms with Crippen LogP contribution in [0.25, 0.3) is 0 Å². The maximum atomic E-state index is 12.3. The van der Waals surface area contributed by atoms with E-state index in [0.717, 1.165) is 24.1 Å². The molecule has 1 aliphatic rings. The van der Waals surface area contributed by atoms with Crippen LogP contribution < -0.4 is 5.32 Å². The van der Waals surface area contributed by atoms with E-state index in [-0.39, 0.29) is 4.90 Å². The minimum absolute atomic E-state index is 0.171. The van der Waals surface area contributed by atoms with Crippen molar-refractivity contribution in [3.05, 3.63) is 29.3 Å². The van der Waals surface area contributed by atoms with Gasteiger partial charge in [0, 0.05) is 11.4 Å². The van der Waals surface area contributed by atoms with Crippen LogP contribution in [-0.2, 0) is 23.8 Å². The average molecular weight is 249 g/mol. The predicted molar refractivity (Wildman–Crippen MR) is 54.3 cm³/mol. The van der Waals surface area contributed by atoms with E-state index >= 15 is 0 Å². The first kappa shape index (κ1) is 11.6. The van der Waals surface area contributed by atoms with Crippen LogP contribution in [0.2, 0.25) is 0 Å². The number of hydrogen-bond acceptors (Lipinski definition) is 2. The molecule has 0 saturated heterocycles. The third-order valence-corrected chi connectivity index (χ3v) is 3.59. The highest BCUT2D eigenvalue weighted by Crippen LogP contribution is 2.28. The Balaban J connectivity index is 2.34. The Bertz CT molecular complexity index is 431. The first-order valence-corrected chi connectivity index (χ1v) is 5.94. The van der Waals surface area contributed by atoms with Gasteiger partial charge in [-0.05, 0) is 36.2 Å². The number of halogens is 3. The zero-order valence-corrected chi connectivity index (χ0v) is 9.12. The number of hydrogen-bond donors (Lipinski definition) is 1. The van der Waals surface area contributed by atoms with Crippen molar-refractivity contribution in [1.82, 2.24) is 5.32 Å². The highest BCUT2D eigenvalue weighted by Gasteiger charge is 2.38. The van der Waals surface area contributed by atoms with Crippen molar-refractivity contribution in [3.63, 3.8) is 0 Å². The van der Waals surface area contributed by atoms with Gasteiger partial charge in [-0.15, -0.1) is 0 Å². The van der Waals surface area contributed by atoms with Crippen molar-refractivity contribution < 1.29 is 17.4 Å². The first-order chi connectivity index (χ1) is 7.48. The number of benzene rings is 1. The van der Waals surface area contributed by atoms with Crippen LogP contribution in [0.4, 0.5) is 13.2 Å². The normalized spacial score (nSPS) is 17.9. The van der Waals surface area contributed by atoms with Gasteiger partial charge < -0.3 is 5.32 Å². The molecule has 1 aliphatic heterocycles. The summed E-state index contributed by atoms with van der Waals surface area (Å²) in [6.45, 7) is 1.37. The quantitative estimate of drug-likeness (QED) is 0.824. The molecule has 0 aliphatic carbocycles. The minimum atomic E-state index is -4.68. The van der Waals surface area contributed by atoms with E-state index in [9.17, 15) is 17.4 Å². The molecule has 1 aromatic carbocycles. The lowest BCUT2D eigenvalue weighted by atomic mass is 10.0. The molecule has 6 heteroatoms. The molecule has 1 heterocycles. The van der Waals surface area contributed by atoms with E-state index in [1.54, 1.807) is 6.07 Å². The van der Waals surface area contributed by atoms with E-state index in [0.29, 0.717) is 6.54 Å². The Labute approximate surface area is 93.3 Å². The number of rotatable bonds is 1. The Morgan fingerprint density at radius 2 is 2.00 bits per heavy atom. The largest absolute Gasteiger partial charge is 0.475 e. The highest BCUT2D eigenvalue weighted by atomic mass is 32.2. The second kappa shape index (κ2) is 4.18. The molecule has 88 valence electrons. The van der Waals surface area contributed by atoms with Gasteiger partial charge in [0.15, 0.2) is 10.8 Å². The topological polar surface area (TPSA) is 29.1 Å². The number of fused-ring (bicyclic) bond motifs is 1. The highest BCUT2D eigenvalue weighted by molar-refractivity contribution is 7.86. The SMILES string of the molecule is O=S(c1ccc2c(c1)CNCC2)C(F)(F)F. The Morgan fingerprint density at radius 1 is 1.25 bits per heavy atom. The van der Waals surface area contributed by atoms with Gasteiger partial charge in [-0.3, -0.25) is 0 Å². The van der Waals surface area contributed by atoms with Crippen LogP contribution >= 0.6 is 0 Å². The fraction of sp³-hybridized carbons (Fsp3) is 0.400. The molecule has 0 spiro atoms. The average Bonchev–Trinajstić information content (AvgIpc) is 2.26. The zero-order chi connectivity index (χ0) is 11.8. The predicted octanol–water partition coefficient (Wildman–Crippen LogP) is 1.96. The van der Waals surface area contributed by atoms with Crippen LogP contribution in [0.3, 0.4) is 0 Å². The number of alkyl halides is 3. The van der Waals surface area contributed by atoms with Gasteiger partial charge in [0.05, 0.1) is 0 Å². The van der Waals surface area contributed by atoms with Crippen LogP contribution in [-0.4, -0.2) is 16.3 Å². The van der Waals surface area contributed by atoms with Gasteiger partial charge >= 0.3 is 5.51 Å². The monoisotopic (exact) mass is 249 g/mol. The van der Waals surface area contributed by atoms with Gasteiger partial charge in [-0.25, -0.2) is 4.21 Å². The maximum Gasteiger partial charge on any atom is 0.475 e. The molecule has 16 heavy (non-hydrogen) atoms. The number of nitrogens with one attached hydrogen (secondary N) is 1. The van der Waals surface area contributed by atoms with Crippen LogP contribution in [0.1, 0.15) is 11.1 Å². The van der Waals surface area contributed by atoms with Crippen molar-refractivity contribution in [2.24, 2.45) is 0 Å². The van der Waals surface area contributed by atoms with Crippen molar-refractivity contribution in [1.29, 1.82) is 0 Å². The molecule has 2 rings (SSSR count). The summed E-state index contributed by atoms with van der Waals surface area (Å²) in [4.78, 5) is -0.171. The van der Waals surface area contributed by atoms with Crippen molar-refractivity contribution in [2.75, 3.05) is 6.54 Å². The molecule has 0 bridgehead atoms. The summed E-state index contributed by atoms with van der Waals surface area (Å²) in [7, 11) is -2.93. The summed E-state index contributed by atoms with van der Waals surface area (Å²) in [6, 6.07) is 4.31. The van der Waals surface area contributed by atoms with Gasteiger partial charge in [-0.2, -0.15) is 13.2 Å². The summed E-state index contributed by atoms with van der Waals surface area (Å²) in [5.74, 6) is 0. The molecule has 0 saturated carbocycles. The molecule has 1 atom stereocenters. The van der Waals surface area contributed by atoms with E-state index in [1.807, 2.05) is 0 Å². The third kappa shape index (κ3) is 2.27. The van der Waals surface area contributed by atoms with E-state index in [2.05, 4.69) is 5.32 Å². The second-order valence-corrected chi connectivity index (χ2v) is 5.04. The van der Waals surface area contributed by atoms with Crippen molar-refractivity contribution >= 4 is 10.8 Å². The molecule has 1 aromatic rings. The first-order valence-electron chi connectivity index (χ1n) is 4.79. The molecular formula is C10H10F3NOS. The smallest absolute Gasteiger partial charge is 0.312 e. The molecule has 2 nitrogen and oxygen atoms in total. The molecule has 1 unspecified atom stereocenters. The molecular weight excluding hydrogens is 239 g/mol. The third-order valence-electron chi connectivity index (χ3n) is 2.49.